The van der Waals surface area contributed by atoms with Gasteiger partial charge in [0.1, 0.15) is 0 Å². The summed E-state index contributed by atoms with van der Waals surface area (Å²) in [6.45, 7) is 0.761. The minimum Gasteiger partial charge on any atom is -0.381 e. The number of carbonyl (C=O) groups excluding carboxylic acids is 1. The predicted molar refractivity (Wildman–Crippen MR) is 37.7 cm³/mol. The van der Waals surface area contributed by atoms with E-state index in [4.69, 9.17) is 4.74 Å². The Bertz CT molecular complexity index is 125. The third kappa shape index (κ3) is 1.99. The molecule has 1 saturated heterocycles. The van der Waals surface area contributed by atoms with Crippen LogP contribution in [0, 0.1) is 0 Å². The van der Waals surface area contributed by atoms with Gasteiger partial charge in [0.05, 0.1) is 6.10 Å². The highest BCUT2D eigenvalue weighted by molar-refractivity contribution is 5.76. The van der Waals surface area contributed by atoms with Crippen LogP contribution < -0.4 is 5.32 Å². The van der Waals surface area contributed by atoms with E-state index in [1.807, 2.05) is 0 Å². The first-order chi connectivity index (χ1) is 4.83. The van der Waals surface area contributed by atoms with E-state index in [9.17, 15) is 4.79 Å². The van der Waals surface area contributed by atoms with Crippen molar-refractivity contribution in [2.75, 3.05) is 13.7 Å². The lowest BCUT2D eigenvalue weighted by Crippen LogP contribution is -2.21. The molecule has 1 amide bonds. The third-order valence-corrected chi connectivity index (χ3v) is 1.82. The first-order valence-corrected chi connectivity index (χ1v) is 3.62. The fraction of sp³-hybridized carbons (Fsp3) is 0.857. The summed E-state index contributed by atoms with van der Waals surface area (Å²) in [5.41, 5.74) is 0. The van der Waals surface area contributed by atoms with Gasteiger partial charge < -0.3 is 10.1 Å². The molecule has 0 aromatic heterocycles. The van der Waals surface area contributed by atoms with E-state index in [-0.39, 0.29) is 12.0 Å². The van der Waals surface area contributed by atoms with Crippen molar-refractivity contribution in [1.82, 2.24) is 5.32 Å². The maximum absolute atomic E-state index is 10.8. The second-order valence-electron chi connectivity index (χ2n) is 2.54. The Hall–Kier alpha value is -0.570. The van der Waals surface area contributed by atoms with E-state index in [0.717, 1.165) is 19.4 Å². The summed E-state index contributed by atoms with van der Waals surface area (Å²) in [5, 5.41) is 2.79. The molecule has 1 atom stereocenters. The Morgan fingerprint density at radius 2 is 2.40 bits per heavy atom. The molecule has 0 saturated carbocycles. The molecule has 58 valence electrons. The van der Waals surface area contributed by atoms with E-state index in [2.05, 4.69) is 5.32 Å². The highest BCUT2D eigenvalue weighted by atomic mass is 16.5. The molecule has 0 aromatic carbocycles. The molecule has 0 aliphatic carbocycles. The Kier molecular flexibility index (Phi) is 2.68. The molecule has 3 heteroatoms. The molecule has 0 radical (unpaired) electrons. The summed E-state index contributed by atoms with van der Waals surface area (Å²) in [6, 6.07) is 0. The number of hydrogen-bond donors (Lipinski definition) is 1. The van der Waals surface area contributed by atoms with Gasteiger partial charge in [-0.25, -0.2) is 0 Å². The zero-order chi connectivity index (χ0) is 7.40. The van der Waals surface area contributed by atoms with Gasteiger partial charge in [-0.05, 0) is 12.8 Å². The van der Waals surface area contributed by atoms with Crippen LogP contribution in [-0.2, 0) is 9.53 Å². The molecule has 0 aromatic rings. The second-order valence-corrected chi connectivity index (χ2v) is 2.54. The molecule has 3 nitrogen and oxygen atoms in total. The summed E-state index contributed by atoms with van der Waals surface area (Å²) < 4.78 is 5.13. The number of hydrogen-bond acceptors (Lipinski definition) is 2. The van der Waals surface area contributed by atoms with Gasteiger partial charge >= 0.3 is 0 Å². The predicted octanol–water partition coefficient (Wildman–Crippen LogP) is 0.301. The Morgan fingerprint density at radius 3 is 3.10 bits per heavy atom. The van der Waals surface area contributed by atoms with Crippen LogP contribution in [0.1, 0.15) is 19.3 Å². The average Bonchev–Trinajstić information content (AvgIpc) is 2.14. The summed E-state index contributed by atoms with van der Waals surface area (Å²) >= 11 is 0. The number of methoxy groups -OCH3 is 1. The lowest BCUT2D eigenvalue weighted by atomic mass is 10.2. The van der Waals surface area contributed by atoms with E-state index >= 15 is 0 Å². The van der Waals surface area contributed by atoms with E-state index in [1.165, 1.54) is 0 Å². The lowest BCUT2D eigenvalue weighted by molar-refractivity contribution is -0.120. The van der Waals surface area contributed by atoms with Crippen molar-refractivity contribution in [3.63, 3.8) is 0 Å². The smallest absolute Gasteiger partial charge is 0.220 e. The number of nitrogens with one attached hydrogen (secondary N) is 1. The summed E-state index contributed by atoms with van der Waals surface area (Å²) in [7, 11) is 1.69. The Labute approximate surface area is 60.7 Å². The summed E-state index contributed by atoms with van der Waals surface area (Å²) in [4.78, 5) is 10.8. The van der Waals surface area contributed by atoms with Crippen molar-refractivity contribution >= 4 is 5.91 Å². The molecular weight excluding hydrogens is 130 g/mol. The van der Waals surface area contributed by atoms with Crippen LogP contribution >= 0.6 is 0 Å². The quantitative estimate of drug-likeness (QED) is 0.573. The molecule has 0 spiro atoms. The Balaban J connectivity index is 2.33. The highest BCUT2D eigenvalue weighted by Crippen LogP contribution is 2.08. The van der Waals surface area contributed by atoms with Crippen LogP contribution in [0.25, 0.3) is 0 Å². The van der Waals surface area contributed by atoms with Crippen molar-refractivity contribution in [3.05, 3.63) is 0 Å². The minimum absolute atomic E-state index is 0.152. The zero-order valence-electron chi connectivity index (χ0n) is 6.22. The highest BCUT2D eigenvalue weighted by Gasteiger charge is 2.14. The molecule has 1 fully saturated rings. The standard InChI is InChI=1S/C7H13NO2/c1-10-6-2-3-7(9)8-5-4-6/h6H,2-5H2,1H3,(H,8,9)/t6-/m0/s1. The van der Waals surface area contributed by atoms with Crippen LogP contribution in [0.4, 0.5) is 0 Å². The normalized spacial score (nSPS) is 27.3. The fourth-order valence-electron chi connectivity index (χ4n) is 1.13. The largest absolute Gasteiger partial charge is 0.381 e. The van der Waals surface area contributed by atoms with Crippen LogP contribution in [0.5, 0.6) is 0 Å². The molecule has 1 aliphatic heterocycles. The molecule has 1 aliphatic rings. The molecule has 10 heavy (non-hydrogen) atoms. The molecule has 0 unspecified atom stereocenters. The van der Waals surface area contributed by atoms with Crippen LogP contribution in [-0.4, -0.2) is 25.7 Å². The van der Waals surface area contributed by atoms with Crippen molar-refractivity contribution in [3.8, 4) is 0 Å². The van der Waals surface area contributed by atoms with Crippen molar-refractivity contribution in [2.24, 2.45) is 0 Å². The first-order valence-electron chi connectivity index (χ1n) is 3.62. The summed E-state index contributed by atoms with van der Waals surface area (Å²) in [6.07, 6.45) is 2.70. The Morgan fingerprint density at radius 1 is 1.60 bits per heavy atom. The maximum Gasteiger partial charge on any atom is 0.220 e. The van der Waals surface area contributed by atoms with Crippen molar-refractivity contribution < 1.29 is 9.53 Å². The first kappa shape index (κ1) is 7.54. The summed E-state index contributed by atoms with van der Waals surface area (Å²) in [5.74, 6) is 0.152. The molecule has 1 N–H and O–H groups in total. The lowest BCUT2D eigenvalue weighted by Gasteiger charge is -2.08. The van der Waals surface area contributed by atoms with Crippen LogP contribution in [0.3, 0.4) is 0 Å². The second kappa shape index (κ2) is 3.56. The van der Waals surface area contributed by atoms with Gasteiger partial charge in [-0.15, -0.1) is 0 Å². The van der Waals surface area contributed by atoms with Gasteiger partial charge in [-0.3, -0.25) is 4.79 Å². The number of amides is 1. The van der Waals surface area contributed by atoms with Crippen molar-refractivity contribution in [1.29, 1.82) is 0 Å². The van der Waals surface area contributed by atoms with Gasteiger partial charge in [0.15, 0.2) is 0 Å². The molecule has 1 rings (SSSR count). The monoisotopic (exact) mass is 143 g/mol. The van der Waals surface area contributed by atoms with Gasteiger partial charge in [0.25, 0.3) is 0 Å². The van der Waals surface area contributed by atoms with Gasteiger partial charge in [0.2, 0.25) is 5.91 Å². The topological polar surface area (TPSA) is 38.3 Å². The molecule has 1 heterocycles. The van der Waals surface area contributed by atoms with E-state index in [1.54, 1.807) is 7.11 Å². The fourth-order valence-corrected chi connectivity index (χ4v) is 1.13. The average molecular weight is 143 g/mol. The maximum atomic E-state index is 10.8. The minimum atomic E-state index is 0.152. The number of rotatable bonds is 1. The van der Waals surface area contributed by atoms with Gasteiger partial charge in [-0.2, -0.15) is 0 Å². The SMILES string of the molecule is CO[C@@H]1CCNC(=O)CC1. The van der Waals surface area contributed by atoms with Gasteiger partial charge in [0, 0.05) is 20.1 Å². The van der Waals surface area contributed by atoms with E-state index < -0.39 is 0 Å². The number of carbonyl (C=O) groups is 1. The van der Waals surface area contributed by atoms with Crippen LogP contribution in [0.15, 0.2) is 0 Å². The van der Waals surface area contributed by atoms with Crippen LogP contribution in [0.2, 0.25) is 0 Å². The number of ether oxygens (including phenoxy) is 1. The van der Waals surface area contributed by atoms with Crippen molar-refractivity contribution in [2.45, 2.75) is 25.4 Å². The molecule has 0 bridgehead atoms. The zero-order valence-corrected chi connectivity index (χ0v) is 6.22. The molecular formula is C7H13NO2. The van der Waals surface area contributed by atoms with E-state index in [0.29, 0.717) is 6.42 Å². The van der Waals surface area contributed by atoms with Gasteiger partial charge in [-0.1, -0.05) is 0 Å². The third-order valence-electron chi connectivity index (χ3n) is 1.82.